The highest BCUT2D eigenvalue weighted by Crippen LogP contribution is 2.26. The summed E-state index contributed by atoms with van der Waals surface area (Å²) in [6.45, 7) is 2.83. The molecule has 1 N–H and O–H groups in total. The number of carbonyl (C=O) groups excluding carboxylic acids is 1. The molecule has 2 aromatic rings. The Balaban J connectivity index is 1.58. The number of carbonyl (C=O) groups is 1. The van der Waals surface area contributed by atoms with Crippen LogP contribution in [0.15, 0.2) is 59.5 Å². The van der Waals surface area contributed by atoms with Gasteiger partial charge in [-0.1, -0.05) is 49.2 Å². The summed E-state index contributed by atoms with van der Waals surface area (Å²) in [6.07, 6.45) is 5.20. The zero-order valence-electron chi connectivity index (χ0n) is 13.9. The Labute approximate surface area is 148 Å². The quantitative estimate of drug-likeness (QED) is 0.813. The van der Waals surface area contributed by atoms with Crippen molar-refractivity contribution in [1.82, 2.24) is 9.62 Å². The van der Waals surface area contributed by atoms with Crippen molar-refractivity contribution >= 4 is 17.9 Å². The fraction of sp³-hybridized carbons (Fsp3) is 0.350. The maximum atomic E-state index is 12.4. The average Bonchev–Trinajstić information content (AvgIpc) is 2.89. The molecule has 1 saturated heterocycles. The number of nitrogens with zero attached hydrogens (tertiary/aromatic N) is 1. The fourth-order valence-corrected chi connectivity index (χ4v) is 3.91. The second-order valence-electron chi connectivity index (χ2n) is 6.13. The Morgan fingerprint density at radius 1 is 0.958 bits per heavy atom. The minimum absolute atomic E-state index is 0.0165. The molecular weight excluding hydrogens is 316 g/mol. The molecule has 0 bridgehead atoms. The minimum atomic E-state index is -0.0165. The molecule has 1 aliphatic heterocycles. The van der Waals surface area contributed by atoms with Gasteiger partial charge in [0.25, 0.3) is 5.91 Å². The van der Waals surface area contributed by atoms with Crippen LogP contribution in [0.3, 0.4) is 0 Å². The van der Waals surface area contributed by atoms with Gasteiger partial charge in [-0.3, -0.25) is 4.79 Å². The predicted octanol–water partition coefficient (Wildman–Crippen LogP) is 4.50. The Hall–Kier alpha value is -1.78. The minimum Gasteiger partial charge on any atom is -0.348 e. The number of hydrogen-bond acceptors (Lipinski definition) is 3. The first-order chi connectivity index (χ1) is 11.8. The van der Waals surface area contributed by atoms with Gasteiger partial charge < -0.3 is 5.32 Å². The summed E-state index contributed by atoms with van der Waals surface area (Å²) in [4.78, 5) is 13.5. The second-order valence-corrected chi connectivity index (χ2v) is 7.30. The van der Waals surface area contributed by atoms with Gasteiger partial charge in [-0.05, 0) is 48.6 Å². The van der Waals surface area contributed by atoms with Gasteiger partial charge in [0, 0.05) is 30.1 Å². The van der Waals surface area contributed by atoms with Crippen molar-refractivity contribution in [2.24, 2.45) is 0 Å². The summed E-state index contributed by atoms with van der Waals surface area (Å²) in [5.41, 5.74) is 1.84. The Kier molecular flexibility index (Phi) is 6.33. The third kappa shape index (κ3) is 5.11. The molecule has 0 aliphatic carbocycles. The van der Waals surface area contributed by atoms with E-state index in [4.69, 9.17) is 0 Å². The van der Waals surface area contributed by atoms with Crippen LogP contribution in [0.1, 0.15) is 41.6 Å². The number of hydrogen-bond donors (Lipinski definition) is 1. The van der Waals surface area contributed by atoms with E-state index in [-0.39, 0.29) is 5.91 Å². The van der Waals surface area contributed by atoms with Gasteiger partial charge in [-0.25, -0.2) is 4.31 Å². The Morgan fingerprint density at radius 2 is 1.71 bits per heavy atom. The Morgan fingerprint density at radius 3 is 2.46 bits per heavy atom. The molecule has 4 heteroatoms. The first-order valence-corrected chi connectivity index (χ1v) is 9.44. The molecule has 3 nitrogen and oxygen atoms in total. The average molecular weight is 340 g/mol. The summed E-state index contributed by atoms with van der Waals surface area (Å²) < 4.78 is 2.42. The standard InChI is InChI=1S/C20H24N2OS/c23-20(21-16-17-9-4-3-5-10-17)18-11-8-12-19(15-18)24-22-13-6-1-2-7-14-22/h3-5,8-12,15H,1-2,6-7,13-14,16H2,(H,21,23). The van der Waals surface area contributed by atoms with Crippen LogP contribution in [0.2, 0.25) is 0 Å². The molecule has 2 aromatic carbocycles. The van der Waals surface area contributed by atoms with Gasteiger partial charge in [-0.2, -0.15) is 0 Å². The van der Waals surface area contributed by atoms with Gasteiger partial charge in [0.2, 0.25) is 0 Å². The third-order valence-corrected chi connectivity index (χ3v) is 5.28. The monoisotopic (exact) mass is 340 g/mol. The van der Waals surface area contributed by atoms with Crippen LogP contribution >= 0.6 is 11.9 Å². The molecule has 1 aliphatic rings. The SMILES string of the molecule is O=C(NCc1ccccc1)c1cccc(SN2CCCCCC2)c1. The van der Waals surface area contributed by atoms with Gasteiger partial charge in [0.15, 0.2) is 0 Å². The van der Waals surface area contributed by atoms with Crippen LogP contribution in [-0.2, 0) is 6.54 Å². The maximum absolute atomic E-state index is 12.4. The molecular formula is C20H24N2OS. The summed E-state index contributed by atoms with van der Waals surface area (Å²) in [7, 11) is 0. The lowest BCUT2D eigenvalue weighted by Gasteiger charge is -2.18. The van der Waals surface area contributed by atoms with Crippen LogP contribution in [-0.4, -0.2) is 23.3 Å². The van der Waals surface area contributed by atoms with Gasteiger partial charge in [0.05, 0.1) is 0 Å². The van der Waals surface area contributed by atoms with Crippen molar-refractivity contribution in [1.29, 1.82) is 0 Å². The van der Waals surface area contributed by atoms with Crippen LogP contribution < -0.4 is 5.32 Å². The highest BCUT2D eigenvalue weighted by Gasteiger charge is 2.12. The van der Waals surface area contributed by atoms with E-state index in [0.29, 0.717) is 6.54 Å². The lowest BCUT2D eigenvalue weighted by Crippen LogP contribution is -2.22. The van der Waals surface area contributed by atoms with Crippen LogP contribution in [0.4, 0.5) is 0 Å². The summed E-state index contributed by atoms with van der Waals surface area (Å²) in [5, 5.41) is 2.99. The molecule has 0 unspecified atom stereocenters. The van der Waals surface area contributed by atoms with Crippen LogP contribution in [0.25, 0.3) is 0 Å². The molecule has 0 aromatic heterocycles. The predicted molar refractivity (Wildman–Crippen MR) is 100.0 cm³/mol. The summed E-state index contributed by atoms with van der Waals surface area (Å²) in [5.74, 6) is -0.0165. The van der Waals surface area contributed by atoms with Gasteiger partial charge in [-0.15, -0.1) is 0 Å². The van der Waals surface area contributed by atoms with Crippen molar-refractivity contribution in [2.75, 3.05) is 13.1 Å². The molecule has 0 saturated carbocycles. The number of benzene rings is 2. The lowest BCUT2D eigenvalue weighted by molar-refractivity contribution is 0.0950. The number of rotatable bonds is 5. The molecule has 0 atom stereocenters. The first-order valence-electron chi connectivity index (χ1n) is 8.66. The van der Waals surface area contributed by atoms with Crippen LogP contribution in [0, 0.1) is 0 Å². The van der Waals surface area contributed by atoms with E-state index in [2.05, 4.69) is 15.7 Å². The van der Waals surface area contributed by atoms with E-state index in [9.17, 15) is 4.79 Å². The fourth-order valence-electron chi connectivity index (χ4n) is 2.86. The first kappa shape index (κ1) is 17.1. The van der Waals surface area contributed by atoms with Crippen molar-refractivity contribution in [2.45, 2.75) is 37.1 Å². The highest BCUT2D eigenvalue weighted by molar-refractivity contribution is 7.97. The van der Waals surface area contributed by atoms with Crippen molar-refractivity contribution < 1.29 is 4.79 Å². The summed E-state index contributed by atoms with van der Waals surface area (Å²) >= 11 is 1.78. The smallest absolute Gasteiger partial charge is 0.251 e. The number of nitrogens with one attached hydrogen (secondary N) is 1. The molecule has 0 radical (unpaired) electrons. The van der Waals surface area contributed by atoms with Gasteiger partial charge >= 0.3 is 0 Å². The van der Waals surface area contributed by atoms with Crippen molar-refractivity contribution in [3.8, 4) is 0 Å². The molecule has 126 valence electrons. The van der Waals surface area contributed by atoms with Gasteiger partial charge in [0.1, 0.15) is 0 Å². The summed E-state index contributed by atoms with van der Waals surface area (Å²) in [6, 6.07) is 17.9. The lowest BCUT2D eigenvalue weighted by atomic mass is 10.2. The molecule has 1 heterocycles. The second kappa shape index (κ2) is 8.90. The molecule has 3 rings (SSSR count). The normalized spacial score (nSPS) is 15.7. The Bertz CT molecular complexity index is 652. The largest absolute Gasteiger partial charge is 0.348 e. The number of amides is 1. The third-order valence-electron chi connectivity index (χ3n) is 4.19. The van der Waals surface area contributed by atoms with E-state index in [1.165, 1.54) is 25.7 Å². The van der Waals surface area contributed by atoms with E-state index in [0.717, 1.165) is 29.1 Å². The molecule has 1 fully saturated rings. The van der Waals surface area contributed by atoms with E-state index in [1.54, 1.807) is 11.9 Å². The maximum Gasteiger partial charge on any atom is 0.251 e. The zero-order valence-corrected chi connectivity index (χ0v) is 14.7. The van der Waals surface area contributed by atoms with Crippen molar-refractivity contribution in [3.05, 3.63) is 65.7 Å². The molecule has 0 spiro atoms. The van der Waals surface area contributed by atoms with E-state index < -0.39 is 0 Å². The molecule has 24 heavy (non-hydrogen) atoms. The van der Waals surface area contributed by atoms with Crippen LogP contribution in [0.5, 0.6) is 0 Å². The van der Waals surface area contributed by atoms with Crippen molar-refractivity contribution in [3.63, 3.8) is 0 Å². The highest BCUT2D eigenvalue weighted by atomic mass is 32.2. The van der Waals surface area contributed by atoms with E-state index >= 15 is 0 Å². The topological polar surface area (TPSA) is 32.3 Å². The van der Waals surface area contributed by atoms with E-state index in [1.807, 2.05) is 48.5 Å². The molecule has 1 amide bonds. The zero-order chi connectivity index (χ0) is 16.6.